The van der Waals surface area contributed by atoms with Gasteiger partial charge in [0.2, 0.25) is 0 Å². The summed E-state index contributed by atoms with van der Waals surface area (Å²) in [5.74, 6) is 1.20. The molecule has 2 atom stereocenters. The zero-order valence-corrected chi connectivity index (χ0v) is 13.0. The van der Waals surface area contributed by atoms with Crippen LogP contribution in [0.25, 0.3) is 0 Å². The molecule has 0 aliphatic rings. The number of carbonyl (C=O) groups excluding carboxylic acids is 1. The van der Waals surface area contributed by atoms with Crippen molar-refractivity contribution >= 4 is 5.97 Å². The molecule has 0 bridgehead atoms. The van der Waals surface area contributed by atoms with Gasteiger partial charge in [-0.1, -0.05) is 39.0 Å². The maximum atomic E-state index is 11.4. The number of para-hydroxylation sites is 1. The lowest BCUT2D eigenvalue weighted by atomic mass is 9.98. The van der Waals surface area contributed by atoms with E-state index < -0.39 is 0 Å². The molecule has 0 amide bonds. The van der Waals surface area contributed by atoms with Crippen LogP contribution in [0.5, 0.6) is 5.75 Å². The van der Waals surface area contributed by atoms with E-state index in [2.05, 4.69) is 19.9 Å². The first kappa shape index (κ1) is 16.5. The molecule has 0 saturated heterocycles. The average Bonchev–Trinajstić information content (AvgIpc) is 2.44. The Labute approximate surface area is 122 Å². The fourth-order valence-electron chi connectivity index (χ4n) is 1.97. The predicted octanol–water partition coefficient (Wildman–Crippen LogP) is 4.31. The maximum absolute atomic E-state index is 11.4. The molecule has 0 aromatic heterocycles. The fourth-order valence-corrected chi connectivity index (χ4v) is 1.97. The average molecular weight is 278 g/mol. The van der Waals surface area contributed by atoms with E-state index >= 15 is 0 Å². The monoisotopic (exact) mass is 278 g/mol. The second kappa shape index (κ2) is 8.62. The number of ether oxygens (including phenoxy) is 2. The molecule has 0 aliphatic heterocycles. The van der Waals surface area contributed by atoms with Crippen molar-refractivity contribution in [2.24, 2.45) is 0 Å². The summed E-state index contributed by atoms with van der Waals surface area (Å²) in [5, 5.41) is 0. The molecule has 0 aliphatic carbocycles. The number of rotatable bonds is 8. The highest BCUT2D eigenvalue weighted by Gasteiger charge is 2.13. The molecule has 0 unspecified atom stereocenters. The zero-order chi connectivity index (χ0) is 15.0. The van der Waals surface area contributed by atoms with Crippen molar-refractivity contribution in [3.63, 3.8) is 0 Å². The minimum absolute atomic E-state index is 0.154. The Bertz CT molecular complexity index is 414. The summed E-state index contributed by atoms with van der Waals surface area (Å²) in [4.78, 5) is 11.4. The van der Waals surface area contributed by atoms with Crippen molar-refractivity contribution in [2.75, 3.05) is 6.61 Å². The van der Waals surface area contributed by atoms with Gasteiger partial charge in [-0.2, -0.15) is 0 Å². The topological polar surface area (TPSA) is 35.5 Å². The molecular formula is C17H26O3. The third kappa shape index (κ3) is 5.24. The third-order valence-corrected chi connectivity index (χ3v) is 3.32. The van der Waals surface area contributed by atoms with Crippen LogP contribution in [-0.4, -0.2) is 18.7 Å². The Kier molecular flexibility index (Phi) is 7.13. The van der Waals surface area contributed by atoms with Gasteiger partial charge < -0.3 is 9.47 Å². The van der Waals surface area contributed by atoms with Crippen molar-refractivity contribution in [3.8, 4) is 5.75 Å². The summed E-state index contributed by atoms with van der Waals surface area (Å²) in [7, 11) is 0. The van der Waals surface area contributed by atoms with Gasteiger partial charge >= 0.3 is 5.97 Å². The van der Waals surface area contributed by atoms with E-state index in [0.717, 1.165) is 18.6 Å². The summed E-state index contributed by atoms with van der Waals surface area (Å²) in [6.45, 7) is 8.57. The molecule has 3 nitrogen and oxygen atoms in total. The molecule has 112 valence electrons. The molecule has 0 spiro atoms. The van der Waals surface area contributed by atoms with E-state index in [0.29, 0.717) is 18.9 Å². The van der Waals surface area contributed by atoms with E-state index in [9.17, 15) is 4.79 Å². The molecule has 20 heavy (non-hydrogen) atoms. The molecule has 0 saturated carbocycles. The highest BCUT2D eigenvalue weighted by Crippen LogP contribution is 2.28. The van der Waals surface area contributed by atoms with Crippen molar-refractivity contribution in [1.29, 1.82) is 0 Å². The first-order chi connectivity index (χ1) is 9.58. The second-order valence-electron chi connectivity index (χ2n) is 5.21. The summed E-state index contributed by atoms with van der Waals surface area (Å²) in [6, 6.07) is 8.06. The van der Waals surface area contributed by atoms with Gasteiger partial charge in [0.1, 0.15) is 18.5 Å². The van der Waals surface area contributed by atoms with Crippen LogP contribution in [0, 0.1) is 0 Å². The molecular weight excluding hydrogens is 252 g/mol. The highest BCUT2D eigenvalue weighted by molar-refractivity contribution is 5.69. The first-order valence-corrected chi connectivity index (χ1v) is 7.49. The van der Waals surface area contributed by atoms with Crippen molar-refractivity contribution < 1.29 is 14.3 Å². The van der Waals surface area contributed by atoms with Crippen molar-refractivity contribution in [1.82, 2.24) is 0 Å². The Morgan fingerprint density at radius 3 is 2.55 bits per heavy atom. The number of benzene rings is 1. The van der Waals surface area contributed by atoms with Crippen LogP contribution in [-0.2, 0) is 9.53 Å². The molecule has 0 heterocycles. The van der Waals surface area contributed by atoms with Crippen LogP contribution in [0.2, 0.25) is 0 Å². The smallest absolute Gasteiger partial charge is 0.306 e. The molecule has 3 heteroatoms. The van der Waals surface area contributed by atoms with Crippen molar-refractivity contribution in [2.45, 2.75) is 59.0 Å². The Balaban J connectivity index is 2.55. The lowest BCUT2D eigenvalue weighted by Crippen LogP contribution is -2.22. The normalized spacial score (nSPS) is 13.6. The van der Waals surface area contributed by atoms with Gasteiger partial charge in [-0.3, -0.25) is 4.79 Å². The summed E-state index contributed by atoms with van der Waals surface area (Å²) in [5.41, 5.74) is 1.21. The lowest BCUT2D eigenvalue weighted by molar-refractivity contribution is -0.149. The summed E-state index contributed by atoms with van der Waals surface area (Å²) < 4.78 is 11.1. The van der Waals surface area contributed by atoms with Gasteiger partial charge in [0, 0.05) is 6.42 Å². The van der Waals surface area contributed by atoms with E-state index in [1.54, 1.807) is 0 Å². The highest BCUT2D eigenvalue weighted by atomic mass is 16.6. The van der Waals surface area contributed by atoms with E-state index in [-0.39, 0.29) is 12.1 Å². The van der Waals surface area contributed by atoms with Crippen LogP contribution in [0.3, 0.4) is 0 Å². The number of hydrogen-bond acceptors (Lipinski definition) is 3. The minimum Gasteiger partial charge on any atom is -0.489 e. The lowest BCUT2D eigenvalue weighted by Gasteiger charge is -2.18. The molecule has 0 fully saturated rings. The minimum atomic E-state index is -0.223. The van der Waals surface area contributed by atoms with Crippen LogP contribution in [0.1, 0.15) is 58.4 Å². The molecule has 1 rings (SSSR count). The zero-order valence-electron chi connectivity index (χ0n) is 13.0. The Hall–Kier alpha value is -1.51. The Morgan fingerprint density at radius 1 is 1.20 bits per heavy atom. The first-order valence-electron chi connectivity index (χ1n) is 7.49. The van der Waals surface area contributed by atoms with Gasteiger partial charge in [-0.05, 0) is 37.3 Å². The second-order valence-corrected chi connectivity index (χ2v) is 5.21. The summed E-state index contributed by atoms with van der Waals surface area (Å²) >= 11 is 0. The SMILES string of the molecule is CCCC(=O)O[C@@H](C)COc1ccccc1[C@@H](C)CC. The van der Waals surface area contributed by atoms with Gasteiger partial charge in [0.05, 0.1) is 0 Å². The number of carbonyl (C=O) groups is 1. The quantitative estimate of drug-likeness (QED) is 0.665. The molecule has 0 N–H and O–H groups in total. The van der Waals surface area contributed by atoms with Gasteiger partial charge in [0.25, 0.3) is 0 Å². The van der Waals surface area contributed by atoms with Crippen LogP contribution in [0.15, 0.2) is 24.3 Å². The van der Waals surface area contributed by atoms with Crippen LogP contribution >= 0.6 is 0 Å². The van der Waals surface area contributed by atoms with Crippen LogP contribution in [0.4, 0.5) is 0 Å². The van der Waals surface area contributed by atoms with E-state index in [1.807, 2.05) is 32.0 Å². The molecule has 0 radical (unpaired) electrons. The fraction of sp³-hybridized carbons (Fsp3) is 0.588. The number of hydrogen-bond donors (Lipinski definition) is 0. The molecule has 1 aromatic carbocycles. The third-order valence-electron chi connectivity index (χ3n) is 3.32. The van der Waals surface area contributed by atoms with Gasteiger partial charge in [-0.25, -0.2) is 0 Å². The predicted molar refractivity (Wildman–Crippen MR) is 81.1 cm³/mol. The maximum Gasteiger partial charge on any atom is 0.306 e. The van der Waals surface area contributed by atoms with Gasteiger partial charge in [-0.15, -0.1) is 0 Å². The Morgan fingerprint density at radius 2 is 1.90 bits per heavy atom. The van der Waals surface area contributed by atoms with Gasteiger partial charge in [0.15, 0.2) is 0 Å². The van der Waals surface area contributed by atoms with E-state index in [1.165, 1.54) is 5.56 Å². The van der Waals surface area contributed by atoms with Crippen LogP contribution < -0.4 is 4.74 Å². The molecule has 1 aromatic rings. The summed E-state index contributed by atoms with van der Waals surface area (Å²) in [6.07, 6.45) is 2.12. The largest absolute Gasteiger partial charge is 0.489 e. The van der Waals surface area contributed by atoms with Crippen molar-refractivity contribution in [3.05, 3.63) is 29.8 Å². The standard InChI is InChI=1S/C17H26O3/c1-5-9-17(18)20-14(4)12-19-16-11-8-7-10-15(16)13(3)6-2/h7-8,10-11,13-14H,5-6,9,12H2,1-4H3/t13-,14-/m0/s1. The van der Waals surface area contributed by atoms with E-state index in [4.69, 9.17) is 9.47 Å². The number of esters is 1.